The number of hydrogen-bond acceptors (Lipinski definition) is 4. The van der Waals surface area contributed by atoms with E-state index in [-0.39, 0.29) is 12.0 Å². The van der Waals surface area contributed by atoms with Gasteiger partial charge in [0.1, 0.15) is 0 Å². The number of aliphatic hydroxyl groups excluding tert-OH is 1. The van der Waals surface area contributed by atoms with Crippen molar-refractivity contribution in [2.45, 2.75) is 37.3 Å². The van der Waals surface area contributed by atoms with Crippen molar-refractivity contribution in [1.29, 1.82) is 0 Å². The molecule has 0 saturated carbocycles. The molecule has 3 atom stereocenters. The number of hydrogen-bond donors (Lipinski definition) is 1. The van der Waals surface area contributed by atoms with Gasteiger partial charge in [-0.3, -0.25) is 4.98 Å². The topological polar surface area (TPSA) is 39.6 Å². The highest BCUT2D eigenvalue weighted by Crippen LogP contribution is 2.35. The summed E-state index contributed by atoms with van der Waals surface area (Å²) < 4.78 is 0. The first-order chi connectivity index (χ1) is 9.65. The summed E-state index contributed by atoms with van der Waals surface area (Å²) in [4.78, 5) is 9.25. The molecule has 2 aliphatic rings. The Morgan fingerprint density at radius 2 is 2.25 bits per heavy atom. The molecule has 4 heteroatoms. The standard InChI is InChI=1S/C16H25N3O/c1-18-8-9-19(2)13(11-18)10-15(20)14-6-5-12-4-3-7-17-16(12)14/h3-4,7,13-15,20H,5-6,8-11H2,1-2H3. The molecule has 3 unspecified atom stereocenters. The van der Waals surface area contributed by atoms with Gasteiger partial charge in [0.2, 0.25) is 0 Å². The molecule has 1 aliphatic heterocycles. The van der Waals surface area contributed by atoms with E-state index in [1.54, 1.807) is 0 Å². The monoisotopic (exact) mass is 275 g/mol. The first-order valence-electron chi connectivity index (χ1n) is 7.66. The van der Waals surface area contributed by atoms with Crippen LogP contribution >= 0.6 is 0 Å². The number of aliphatic hydroxyl groups is 1. The van der Waals surface area contributed by atoms with Crippen molar-refractivity contribution in [1.82, 2.24) is 14.8 Å². The minimum Gasteiger partial charge on any atom is -0.392 e. The van der Waals surface area contributed by atoms with Crippen LogP contribution in [0.5, 0.6) is 0 Å². The van der Waals surface area contributed by atoms with Crippen LogP contribution < -0.4 is 0 Å². The minimum atomic E-state index is -0.273. The van der Waals surface area contributed by atoms with Crippen molar-refractivity contribution in [3.8, 4) is 0 Å². The lowest BCUT2D eigenvalue weighted by Gasteiger charge is -2.39. The highest BCUT2D eigenvalue weighted by molar-refractivity contribution is 5.29. The molecule has 0 radical (unpaired) electrons. The van der Waals surface area contributed by atoms with Crippen LogP contribution in [0, 0.1) is 0 Å². The second kappa shape index (κ2) is 5.80. The Morgan fingerprint density at radius 1 is 1.40 bits per heavy atom. The number of aryl methyl sites for hydroxylation is 1. The molecular weight excluding hydrogens is 250 g/mol. The molecule has 4 nitrogen and oxygen atoms in total. The molecular formula is C16H25N3O. The van der Waals surface area contributed by atoms with Crippen LogP contribution in [0.2, 0.25) is 0 Å². The quantitative estimate of drug-likeness (QED) is 0.897. The molecule has 0 aromatic carbocycles. The van der Waals surface area contributed by atoms with Crippen molar-refractivity contribution in [3.63, 3.8) is 0 Å². The van der Waals surface area contributed by atoms with Gasteiger partial charge in [0, 0.05) is 43.5 Å². The SMILES string of the molecule is CN1CCN(C)C(CC(O)C2CCc3cccnc32)C1. The number of fused-ring (bicyclic) bond motifs is 1. The molecule has 1 N–H and O–H groups in total. The van der Waals surface area contributed by atoms with Crippen molar-refractivity contribution in [2.24, 2.45) is 0 Å². The second-order valence-corrected chi connectivity index (χ2v) is 6.39. The first-order valence-corrected chi connectivity index (χ1v) is 7.66. The zero-order chi connectivity index (χ0) is 14.1. The maximum Gasteiger partial charge on any atom is 0.0639 e. The maximum atomic E-state index is 10.7. The molecule has 0 spiro atoms. The third-order valence-electron chi connectivity index (χ3n) is 4.96. The van der Waals surface area contributed by atoms with Crippen LogP contribution in [-0.4, -0.2) is 65.8 Å². The van der Waals surface area contributed by atoms with Crippen LogP contribution in [-0.2, 0) is 6.42 Å². The molecule has 20 heavy (non-hydrogen) atoms. The molecule has 110 valence electrons. The number of rotatable bonds is 3. The molecule has 0 bridgehead atoms. The third kappa shape index (κ3) is 2.73. The van der Waals surface area contributed by atoms with Gasteiger partial charge in [0.05, 0.1) is 6.10 Å². The minimum absolute atomic E-state index is 0.229. The van der Waals surface area contributed by atoms with Gasteiger partial charge in [-0.25, -0.2) is 0 Å². The summed E-state index contributed by atoms with van der Waals surface area (Å²) in [7, 11) is 4.34. The van der Waals surface area contributed by atoms with Crippen LogP contribution in [0.4, 0.5) is 0 Å². The Balaban J connectivity index is 1.66. The van der Waals surface area contributed by atoms with Crippen LogP contribution in [0.15, 0.2) is 18.3 Å². The largest absolute Gasteiger partial charge is 0.392 e. The molecule has 0 amide bonds. The van der Waals surface area contributed by atoms with E-state index in [1.165, 1.54) is 5.56 Å². The Labute approximate surface area is 121 Å². The average molecular weight is 275 g/mol. The number of pyridine rings is 1. The Bertz CT molecular complexity index is 465. The van der Waals surface area contributed by atoms with E-state index in [9.17, 15) is 5.11 Å². The second-order valence-electron chi connectivity index (χ2n) is 6.39. The summed E-state index contributed by atoms with van der Waals surface area (Å²) in [5.74, 6) is 0.229. The van der Waals surface area contributed by atoms with E-state index in [2.05, 4.69) is 34.9 Å². The molecule has 3 rings (SSSR count). The maximum absolute atomic E-state index is 10.7. The molecule has 1 aromatic heterocycles. The van der Waals surface area contributed by atoms with E-state index in [4.69, 9.17) is 0 Å². The van der Waals surface area contributed by atoms with Crippen LogP contribution in [0.3, 0.4) is 0 Å². The number of nitrogens with zero attached hydrogens (tertiary/aromatic N) is 3. The van der Waals surface area contributed by atoms with Gasteiger partial charge >= 0.3 is 0 Å². The van der Waals surface area contributed by atoms with Gasteiger partial charge in [-0.1, -0.05) is 6.07 Å². The predicted octanol–water partition coefficient (Wildman–Crippen LogP) is 1.11. The fraction of sp³-hybridized carbons (Fsp3) is 0.688. The fourth-order valence-corrected chi connectivity index (χ4v) is 3.62. The van der Waals surface area contributed by atoms with E-state index in [1.807, 2.05) is 12.3 Å². The van der Waals surface area contributed by atoms with E-state index in [0.717, 1.165) is 44.6 Å². The van der Waals surface area contributed by atoms with Crippen LogP contribution in [0.25, 0.3) is 0 Å². The molecule has 1 fully saturated rings. The van der Waals surface area contributed by atoms with E-state index < -0.39 is 0 Å². The molecule has 1 saturated heterocycles. The molecule has 2 heterocycles. The van der Waals surface area contributed by atoms with Crippen molar-refractivity contribution in [2.75, 3.05) is 33.7 Å². The van der Waals surface area contributed by atoms with Crippen molar-refractivity contribution in [3.05, 3.63) is 29.6 Å². The summed E-state index contributed by atoms with van der Waals surface area (Å²) in [5.41, 5.74) is 2.46. The van der Waals surface area contributed by atoms with Crippen LogP contribution in [0.1, 0.15) is 30.0 Å². The van der Waals surface area contributed by atoms with Gasteiger partial charge < -0.3 is 14.9 Å². The first kappa shape index (κ1) is 14.0. The summed E-state index contributed by atoms with van der Waals surface area (Å²) in [6.07, 6.45) is 4.53. The normalized spacial score (nSPS) is 29.4. The lowest BCUT2D eigenvalue weighted by atomic mass is 9.93. The van der Waals surface area contributed by atoms with Crippen molar-refractivity contribution >= 4 is 0 Å². The van der Waals surface area contributed by atoms with Gasteiger partial charge in [-0.15, -0.1) is 0 Å². The van der Waals surface area contributed by atoms with E-state index >= 15 is 0 Å². The summed E-state index contributed by atoms with van der Waals surface area (Å²) >= 11 is 0. The third-order valence-corrected chi connectivity index (χ3v) is 4.96. The number of piperazine rings is 1. The van der Waals surface area contributed by atoms with Gasteiger partial charge in [0.15, 0.2) is 0 Å². The lowest BCUT2D eigenvalue weighted by molar-refractivity contribution is 0.0519. The summed E-state index contributed by atoms with van der Waals surface area (Å²) in [6.45, 7) is 3.26. The zero-order valence-corrected chi connectivity index (χ0v) is 12.5. The average Bonchev–Trinajstić information content (AvgIpc) is 2.87. The van der Waals surface area contributed by atoms with Gasteiger partial charge in [-0.05, 0) is 45.0 Å². The van der Waals surface area contributed by atoms with E-state index in [0.29, 0.717) is 6.04 Å². The summed E-state index contributed by atoms with van der Waals surface area (Å²) in [6, 6.07) is 4.60. The number of likely N-dealkylation sites (N-methyl/N-ethyl adjacent to an activating group) is 2. The lowest BCUT2D eigenvalue weighted by Crippen LogP contribution is -2.51. The Kier molecular flexibility index (Phi) is 4.06. The molecule has 1 aromatic rings. The highest BCUT2D eigenvalue weighted by atomic mass is 16.3. The van der Waals surface area contributed by atoms with Gasteiger partial charge in [0.25, 0.3) is 0 Å². The molecule has 1 aliphatic carbocycles. The smallest absolute Gasteiger partial charge is 0.0639 e. The zero-order valence-electron chi connectivity index (χ0n) is 12.5. The number of aromatic nitrogens is 1. The summed E-state index contributed by atoms with van der Waals surface area (Å²) in [5, 5.41) is 10.7. The predicted molar refractivity (Wildman–Crippen MR) is 79.8 cm³/mol. The Hall–Kier alpha value is -0.970. The van der Waals surface area contributed by atoms with Crippen molar-refractivity contribution < 1.29 is 5.11 Å². The van der Waals surface area contributed by atoms with Gasteiger partial charge in [-0.2, -0.15) is 0 Å². The Morgan fingerprint density at radius 3 is 3.10 bits per heavy atom. The highest BCUT2D eigenvalue weighted by Gasteiger charge is 2.33. The fourth-order valence-electron chi connectivity index (χ4n) is 3.62.